The first kappa shape index (κ1) is 17.4. The third kappa shape index (κ3) is 3.49. The molecular formula is C18H27N3O2S. The van der Waals surface area contributed by atoms with Crippen LogP contribution in [0.3, 0.4) is 0 Å². The molecule has 5 nitrogen and oxygen atoms in total. The summed E-state index contributed by atoms with van der Waals surface area (Å²) in [5, 5.41) is 0. The number of carbonyl (C=O) groups excluding carboxylic acids is 2. The van der Waals surface area contributed by atoms with Gasteiger partial charge in [0.1, 0.15) is 0 Å². The van der Waals surface area contributed by atoms with Crippen LogP contribution in [0.2, 0.25) is 0 Å². The molecule has 2 N–H and O–H groups in total. The fourth-order valence-electron chi connectivity index (χ4n) is 3.89. The second-order valence-corrected chi connectivity index (χ2v) is 8.28. The molecule has 0 aromatic carbocycles. The van der Waals surface area contributed by atoms with Gasteiger partial charge >= 0.3 is 0 Å². The lowest BCUT2D eigenvalue weighted by atomic mass is 9.94. The molecule has 2 fully saturated rings. The molecule has 1 unspecified atom stereocenters. The minimum absolute atomic E-state index is 0.124. The summed E-state index contributed by atoms with van der Waals surface area (Å²) in [5.41, 5.74) is 5.36. The topological polar surface area (TPSA) is 66.6 Å². The number of nitrogens with zero attached hydrogens (tertiary/aromatic N) is 2. The minimum atomic E-state index is -0.386. The molecule has 0 spiro atoms. The third-order valence-electron chi connectivity index (χ3n) is 5.34. The van der Waals surface area contributed by atoms with Gasteiger partial charge in [0.15, 0.2) is 0 Å². The van der Waals surface area contributed by atoms with Gasteiger partial charge in [-0.25, -0.2) is 0 Å². The van der Waals surface area contributed by atoms with Crippen LogP contribution < -0.4 is 5.73 Å². The fourth-order valence-corrected chi connectivity index (χ4v) is 4.90. The molecule has 0 radical (unpaired) electrons. The largest absolute Gasteiger partial charge is 0.365 e. The molecule has 24 heavy (non-hydrogen) atoms. The van der Waals surface area contributed by atoms with E-state index in [0.29, 0.717) is 16.8 Å². The third-order valence-corrected chi connectivity index (χ3v) is 6.54. The van der Waals surface area contributed by atoms with Gasteiger partial charge in [-0.3, -0.25) is 9.59 Å². The highest BCUT2D eigenvalue weighted by Crippen LogP contribution is 2.37. The number of hydrogen-bond acceptors (Lipinski definition) is 4. The van der Waals surface area contributed by atoms with E-state index >= 15 is 0 Å². The van der Waals surface area contributed by atoms with Crippen LogP contribution in [0.5, 0.6) is 0 Å². The van der Waals surface area contributed by atoms with Gasteiger partial charge in [-0.05, 0) is 64.8 Å². The maximum Gasteiger partial charge on any atom is 0.258 e. The molecule has 0 aliphatic carbocycles. The van der Waals surface area contributed by atoms with Crippen molar-refractivity contribution in [3.8, 4) is 0 Å². The van der Waals surface area contributed by atoms with Crippen molar-refractivity contribution in [2.45, 2.75) is 51.6 Å². The Bertz CT molecular complexity index is 605. The van der Waals surface area contributed by atoms with Gasteiger partial charge in [-0.2, -0.15) is 0 Å². The number of likely N-dealkylation sites (tertiary alicyclic amines) is 2. The molecule has 3 rings (SSSR count). The SMILES string of the molecule is CC(C)N1CCC(C(=O)N2CCCC2c2ccc(C(N)=O)s2)CC1. The molecule has 2 saturated heterocycles. The molecule has 2 amide bonds. The standard InChI is InChI=1S/C18H27N3O2S/c1-12(2)20-10-7-13(8-11-20)18(23)21-9-3-4-14(21)15-5-6-16(24-15)17(19)22/h5-6,12-14H,3-4,7-11H2,1-2H3,(H2,19,22). The number of rotatable bonds is 4. The van der Waals surface area contributed by atoms with Gasteiger partial charge in [0, 0.05) is 23.4 Å². The molecule has 1 atom stereocenters. The first-order valence-corrected chi connectivity index (χ1v) is 9.73. The van der Waals surface area contributed by atoms with Gasteiger partial charge in [-0.1, -0.05) is 0 Å². The van der Waals surface area contributed by atoms with Gasteiger partial charge in [0.2, 0.25) is 5.91 Å². The highest BCUT2D eigenvalue weighted by molar-refractivity contribution is 7.14. The van der Waals surface area contributed by atoms with Crippen molar-refractivity contribution in [2.24, 2.45) is 11.7 Å². The first-order valence-electron chi connectivity index (χ1n) is 8.91. The average Bonchev–Trinajstić information content (AvgIpc) is 3.23. The Morgan fingerprint density at radius 1 is 1.17 bits per heavy atom. The maximum absolute atomic E-state index is 13.0. The van der Waals surface area contributed by atoms with Crippen molar-refractivity contribution < 1.29 is 9.59 Å². The minimum Gasteiger partial charge on any atom is -0.365 e. The zero-order valence-corrected chi connectivity index (χ0v) is 15.3. The van der Waals surface area contributed by atoms with E-state index in [2.05, 4.69) is 18.7 Å². The van der Waals surface area contributed by atoms with E-state index < -0.39 is 0 Å². The van der Waals surface area contributed by atoms with E-state index in [1.54, 1.807) is 6.07 Å². The van der Waals surface area contributed by atoms with E-state index in [-0.39, 0.29) is 17.9 Å². The Hall–Kier alpha value is -1.40. The van der Waals surface area contributed by atoms with Gasteiger partial charge in [-0.15, -0.1) is 11.3 Å². The van der Waals surface area contributed by atoms with Crippen LogP contribution in [-0.4, -0.2) is 47.3 Å². The summed E-state index contributed by atoms with van der Waals surface area (Å²) in [6, 6.07) is 4.42. The number of hydrogen-bond donors (Lipinski definition) is 1. The molecule has 2 aliphatic rings. The zero-order chi connectivity index (χ0) is 17.3. The number of carbonyl (C=O) groups is 2. The summed E-state index contributed by atoms with van der Waals surface area (Å²) in [5.74, 6) is 0.0642. The Labute approximate surface area is 147 Å². The van der Waals surface area contributed by atoms with Crippen LogP contribution in [0.4, 0.5) is 0 Å². The van der Waals surface area contributed by atoms with E-state index in [1.165, 1.54) is 11.3 Å². The summed E-state index contributed by atoms with van der Waals surface area (Å²) in [4.78, 5) is 30.5. The number of nitrogens with two attached hydrogens (primary N) is 1. The van der Waals surface area contributed by atoms with Crippen molar-refractivity contribution in [3.05, 3.63) is 21.9 Å². The molecule has 1 aromatic rings. The van der Waals surface area contributed by atoms with Crippen LogP contribution in [-0.2, 0) is 4.79 Å². The highest BCUT2D eigenvalue weighted by Gasteiger charge is 2.36. The first-order chi connectivity index (χ1) is 11.5. The van der Waals surface area contributed by atoms with Gasteiger partial charge in [0.25, 0.3) is 5.91 Å². The Morgan fingerprint density at radius 3 is 2.46 bits per heavy atom. The smallest absolute Gasteiger partial charge is 0.258 e. The lowest BCUT2D eigenvalue weighted by Gasteiger charge is -2.36. The fraction of sp³-hybridized carbons (Fsp3) is 0.667. The van der Waals surface area contributed by atoms with Crippen molar-refractivity contribution in [1.29, 1.82) is 0 Å². The number of piperidine rings is 1. The lowest BCUT2D eigenvalue weighted by molar-refractivity contribution is -0.138. The van der Waals surface area contributed by atoms with Crippen molar-refractivity contribution >= 4 is 23.2 Å². The van der Waals surface area contributed by atoms with Crippen molar-refractivity contribution in [3.63, 3.8) is 0 Å². The van der Waals surface area contributed by atoms with Crippen LogP contribution >= 0.6 is 11.3 Å². The molecule has 0 saturated carbocycles. The molecule has 6 heteroatoms. The maximum atomic E-state index is 13.0. The summed E-state index contributed by atoms with van der Waals surface area (Å²) in [7, 11) is 0. The number of primary amides is 1. The quantitative estimate of drug-likeness (QED) is 0.909. The summed E-state index contributed by atoms with van der Waals surface area (Å²) < 4.78 is 0. The van der Waals surface area contributed by atoms with Crippen LogP contribution in [0.25, 0.3) is 0 Å². The van der Waals surface area contributed by atoms with Gasteiger partial charge < -0.3 is 15.5 Å². The van der Waals surface area contributed by atoms with E-state index in [1.807, 2.05) is 11.0 Å². The van der Waals surface area contributed by atoms with E-state index in [9.17, 15) is 9.59 Å². The van der Waals surface area contributed by atoms with Crippen LogP contribution in [0.15, 0.2) is 12.1 Å². The average molecular weight is 350 g/mol. The number of amides is 2. The summed E-state index contributed by atoms with van der Waals surface area (Å²) in [6.45, 7) is 7.28. The molecule has 2 aliphatic heterocycles. The molecule has 0 bridgehead atoms. The Balaban J connectivity index is 1.66. The summed E-state index contributed by atoms with van der Waals surface area (Å²) in [6.07, 6.45) is 3.93. The van der Waals surface area contributed by atoms with Crippen LogP contribution in [0, 0.1) is 5.92 Å². The Kier molecular flexibility index (Phi) is 5.25. The van der Waals surface area contributed by atoms with Crippen molar-refractivity contribution in [1.82, 2.24) is 9.80 Å². The predicted molar refractivity (Wildman–Crippen MR) is 96.0 cm³/mol. The highest BCUT2D eigenvalue weighted by atomic mass is 32.1. The van der Waals surface area contributed by atoms with Gasteiger partial charge in [0.05, 0.1) is 10.9 Å². The zero-order valence-electron chi connectivity index (χ0n) is 14.5. The number of thiophene rings is 1. The van der Waals surface area contributed by atoms with E-state index in [0.717, 1.165) is 50.2 Å². The summed E-state index contributed by atoms with van der Waals surface area (Å²) >= 11 is 1.43. The second kappa shape index (κ2) is 7.23. The molecular weight excluding hydrogens is 322 g/mol. The van der Waals surface area contributed by atoms with Crippen molar-refractivity contribution in [2.75, 3.05) is 19.6 Å². The van der Waals surface area contributed by atoms with Crippen LogP contribution in [0.1, 0.15) is 60.1 Å². The Morgan fingerprint density at radius 2 is 1.88 bits per heavy atom. The lowest BCUT2D eigenvalue weighted by Crippen LogP contribution is -2.44. The molecule has 1 aromatic heterocycles. The molecule has 3 heterocycles. The monoisotopic (exact) mass is 349 g/mol. The molecule has 132 valence electrons. The normalized spacial score (nSPS) is 23.1. The predicted octanol–water partition coefficient (Wildman–Crippen LogP) is 2.63. The second-order valence-electron chi connectivity index (χ2n) is 7.16. The van der Waals surface area contributed by atoms with E-state index in [4.69, 9.17) is 5.73 Å².